The lowest BCUT2D eigenvalue weighted by atomic mass is 10.1. The number of hydrogen-bond acceptors (Lipinski definition) is 5. The van der Waals surface area contributed by atoms with E-state index in [-0.39, 0.29) is 23.8 Å². The van der Waals surface area contributed by atoms with Crippen molar-refractivity contribution in [1.29, 1.82) is 0 Å². The number of ether oxygens (including phenoxy) is 1. The van der Waals surface area contributed by atoms with E-state index < -0.39 is 17.4 Å². The number of nitrogens with one attached hydrogen (secondary N) is 1. The number of benzene rings is 2. The normalized spacial score (nSPS) is 10.9. The molecule has 3 aromatic rings. The van der Waals surface area contributed by atoms with Crippen molar-refractivity contribution in [3.05, 3.63) is 70.0 Å². The van der Waals surface area contributed by atoms with Gasteiger partial charge in [-0.3, -0.25) is 9.59 Å². The Bertz CT molecular complexity index is 1150. The highest BCUT2D eigenvalue weighted by Gasteiger charge is 2.22. The molecule has 1 amide bonds. The highest BCUT2D eigenvalue weighted by Crippen LogP contribution is 2.27. The Balaban J connectivity index is 1.99. The Morgan fingerprint density at radius 2 is 1.77 bits per heavy atom. The number of anilines is 1. The van der Waals surface area contributed by atoms with Crippen LogP contribution >= 0.6 is 0 Å². The lowest BCUT2D eigenvalue weighted by Gasteiger charge is -2.16. The molecule has 30 heavy (non-hydrogen) atoms. The van der Waals surface area contributed by atoms with E-state index >= 15 is 0 Å². The van der Waals surface area contributed by atoms with E-state index in [1.54, 1.807) is 31.2 Å². The molecule has 2 aromatic carbocycles. The van der Waals surface area contributed by atoms with Gasteiger partial charge in [0.05, 0.1) is 17.7 Å². The molecule has 0 spiro atoms. The summed E-state index contributed by atoms with van der Waals surface area (Å²) in [6.45, 7) is 6.34. The summed E-state index contributed by atoms with van der Waals surface area (Å²) >= 11 is 0. The fourth-order valence-corrected chi connectivity index (χ4v) is 3.24. The van der Waals surface area contributed by atoms with Gasteiger partial charge in [0.1, 0.15) is 11.3 Å². The molecule has 0 atom stereocenters. The molecule has 7 heteroatoms. The van der Waals surface area contributed by atoms with E-state index in [4.69, 9.17) is 4.74 Å². The van der Waals surface area contributed by atoms with Gasteiger partial charge in [-0.1, -0.05) is 26.0 Å². The average molecular weight is 408 g/mol. The zero-order valence-corrected chi connectivity index (χ0v) is 17.1. The van der Waals surface area contributed by atoms with Gasteiger partial charge < -0.3 is 19.7 Å². The summed E-state index contributed by atoms with van der Waals surface area (Å²) in [6.07, 6.45) is 0. The number of esters is 1. The van der Waals surface area contributed by atoms with Crippen LogP contribution in [0.4, 0.5) is 5.69 Å². The zero-order valence-electron chi connectivity index (χ0n) is 17.1. The first-order valence-electron chi connectivity index (χ1n) is 9.76. The van der Waals surface area contributed by atoms with Crippen LogP contribution in [0.25, 0.3) is 10.9 Å². The van der Waals surface area contributed by atoms with Gasteiger partial charge in [-0.15, -0.1) is 0 Å². The Morgan fingerprint density at radius 3 is 2.40 bits per heavy atom. The van der Waals surface area contributed by atoms with Gasteiger partial charge >= 0.3 is 5.97 Å². The first-order chi connectivity index (χ1) is 14.3. The second-order valence-electron chi connectivity index (χ2n) is 7.30. The zero-order chi connectivity index (χ0) is 21.8. The predicted molar refractivity (Wildman–Crippen MR) is 115 cm³/mol. The number of pyridine rings is 1. The van der Waals surface area contributed by atoms with Crippen molar-refractivity contribution in [2.45, 2.75) is 27.3 Å². The highest BCUT2D eigenvalue weighted by molar-refractivity contribution is 6.09. The molecule has 7 nitrogen and oxygen atoms in total. The SMILES string of the molecule is CCOC(=O)c1ccc(NC(=O)c2c(O)c3ccccc3n(CC(C)C)c2=O)cc1. The van der Waals surface area contributed by atoms with Crippen LogP contribution in [-0.2, 0) is 11.3 Å². The van der Waals surface area contributed by atoms with Gasteiger partial charge in [0.15, 0.2) is 0 Å². The maximum absolute atomic E-state index is 13.1. The summed E-state index contributed by atoms with van der Waals surface area (Å²) in [7, 11) is 0. The average Bonchev–Trinajstić information content (AvgIpc) is 2.72. The molecule has 1 aromatic heterocycles. The Kier molecular flexibility index (Phi) is 6.20. The van der Waals surface area contributed by atoms with Crippen molar-refractivity contribution in [1.82, 2.24) is 4.57 Å². The molecule has 0 radical (unpaired) electrons. The minimum Gasteiger partial charge on any atom is -0.506 e. The number of rotatable bonds is 6. The van der Waals surface area contributed by atoms with Crippen molar-refractivity contribution in [2.24, 2.45) is 5.92 Å². The fourth-order valence-electron chi connectivity index (χ4n) is 3.24. The van der Waals surface area contributed by atoms with Crippen LogP contribution in [0, 0.1) is 5.92 Å². The summed E-state index contributed by atoms with van der Waals surface area (Å²) in [5.41, 5.74) is 0.437. The molecule has 3 rings (SSSR count). The summed E-state index contributed by atoms with van der Waals surface area (Å²) in [6, 6.07) is 13.0. The predicted octanol–water partition coefficient (Wildman–Crippen LogP) is 3.79. The number of aromatic nitrogens is 1. The van der Waals surface area contributed by atoms with Crippen LogP contribution < -0.4 is 10.9 Å². The van der Waals surface area contributed by atoms with Crippen LogP contribution in [-0.4, -0.2) is 28.2 Å². The first-order valence-corrected chi connectivity index (χ1v) is 9.76. The van der Waals surface area contributed by atoms with E-state index in [0.29, 0.717) is 28.7 Å². The van der Waals surface area contributed by atoms with Crippen LogP contribution in [0.1, 0.15) is 41.5 Å². The largest absolute Gasteiger partial charge is 0.506 e. The highest BCUT2D eigenvalue weighted by atomic mass is 16.5. The molecule has 0 bridgehead atoms. The van der Waals surface area contributed by atoms with Gasteiger partial charge in [-0.2, -0.15) is 0 Å². The van der Waals surface area contributed by atoms with Crippen molar-refractivity contribution >= 4 is 28.5 Å². The first kappa shape index (κ1) is 21.1. The second-order valence-corrected chi connectivity index (χ2v) is 7.30. The van der Waals surface area contributed by atoms with E-state index in [1.807, 2.05) is 13.8 Å². The lowest BCUT2D eigenvalue weighted by molar-refractivity contribution is 0.0526. The maximum Gasteiger partial charge on any atom is 0.338 e. The van der Waals surface area contributed by atoms with Crippen LogP contribution in [0.3, 0.4) is 0 Å². The number of nitrogens with zero attached hydrogens (tertiary/aromatic N) is 1. The summed E-state index contributed by atoms with van der Waals surface area (Å²) < 4.78 is 6.44. The Morgan fingerprint density at radius 1 is 1.10 bits per heavy atom. The van der Waals surface area contributed by atoms with Gasteiger partial charge in [0.25, 0.3) is 11.5 Å². The van der Waals surface area contributed by atoms with Crippen molar-refractivity contribution < 1.29 is 19.4 Å². The number of hydrogen-bond donors (Lipinski definition) is 2. The standard InChI is InChI=1S/C23H24N2O5/c1-4-30-23(29)15-9-11-16(12-10-15)24-21(27)19-20(26)17-7-5-6-8-18(17)25(22(19)28)13-14(2)3/h5-12,14,26H,4,13H2,1-3H3,(H,24,27). The molecule has 0 aliphatic heterocycles. The molecule has 156 valence electrons. The third-order valence-electron chi connectivity index (χ3n) is 4.57. The number of carbonyl (C=O) groups is 2. The molecule has 0 saturated carbocycles. The lowest BCUT2D eigenvalue weighted by Crippen LogP contribution is -2.31. The topological polar surface area (TPSA) is 97.6 Å². The molecular formula is C23H24N2O5. The van der Waals surface area contributed by atoms with Crippen LogP contribution in [0.5, 0.6) is 5.75 Å². The van der Waals surface area contributed by atoms with E-state index in [1.165, 1.54) is 28.8 Å². The minimum atomic E-state index is -0.718. The van der Waals surface area contributed by atoms with Crippen molar-refractivity contribution in [3.8, 4) is 5.75 Å². The maximum atomic E-state index is 13.1. The van der Waals surface area contributed by atoms with Gasteiger partial charge in [-0.05, 0) is 49.2 Å². The molecule has 0 aliphatic rings. The number of carbonyl (C=O) groups excluding carboxylic acids is 2. The summed E-state index contributed by atoms with van der Waals surface area (Å²) in [5, 5.41) is 13.7. The van der Waals surface area contributed by atoms with Crippen LogP contribution in [0.2, 0.25) is 0 Å². The van der Waals surface area contributed by atoms with E-state index in [9.17, 15) is 19.5 Å². The monoisotopic (exact) mass is 408 g/mol. The van der Waals surface area contributed by atoms with Crippen molar-refractivity contribution in [2.75, 3.05) is 11.9 Å². The molecule has 0 fully saturated rings. The molecule has 1 heterocycles. The molecule has 0 unspecified atom stereocenters. The number of fused-ring (bicyclic) bond motifs is 1. The van der Waals surface area contributed by atoms with E-state index in [2.05, 4.69) is 5.32 Å². The molecule has 2 N–H and O–H groups in total. The molecule has 0 aliphatic carbocycles. The van der Waals surface area contributed by atoms with Crippen LogP contribution in [0.15, 0.2) is 53.3 Å². The number of aromatic hydroxyl groups is 1. The second kappa shape index (κ2) is 8.82. The van der Waals surface area contributed by atoms with Crippen molar-refractivity contribution in [3.63, 3.8) is 0 Å². The number of amides is 1. The third-order valence-corrected chi connectivity index (χ3v) is 4.57. The van der Waals surface area contributed by atoms with E-state index in [0.717, 1.165) is 0 Å². The summed E-state index contributed by atoms with van der Waals surface area (Å²) in [4.78, 5) is 37.7. The minimum absolute atomic E-state index is 0.169. The quantitative estimate of drug-likeness (QED) is 0.605. The smallest absolute Gasteiger partial charge is 0.338 e. The fraction of sp³-hybridized carbons (Fsp3) is 0.261. The molecular weight excluding hydrogens is 384 g/mol. The van der Waals surface area contributed by atoms with Gasteiger partial charge in [0.2, 0.25) is 0 Å². The Labute approximate surface area is 173 Å². The summed E-state index contributed by atoms with van der Waals surface area (Å²) in [5.74, 6) is -1.36. The third kappa shape index (κ3) is 4.20. The molecule has 0 saturated heterocycles. The Hall–Kier alpha value is -3.61. The number of para-hydroxylation sites is 1. The van der Waals surface area contributed by atoms with Gasteiger partial charge in [0, 0.05) is 17.6 Å². The van der Waals surface area contributed by atoms with Gasteiger partial charge in [-0.25, -0.2) is 4.79 Å².